The number of benzene rings is 2. The van der Waals surface area contributed by atoms with Crippen molar-refractivity contribution in [2.45, 2.75) is 4.90 Å². The molecule has 1 aliphatic rings. The Labute approximate surface area is 141 Å². The van der Waals surface area contributed by atoms with Gasteiger partial charge in [0.15, 0.2) is 0 Å². The van der Waals surface area contributed by atoms with E-state index < -0.39 is 21.6 Å². The smallest absolute Gasteiger partial charge is 0.287 e. The second-order valence-electron chi connectivity index (χ2n) is 4.77. The number of halogens is 2. The highest BCUT2D eigenvalue weighted by molar-refractivity contribution is 7.90. The topological polar surface area (TPSA) is 115 Å². The van der Waals surface area contributed by atoms with Gasteiger partial charge in [-0.05, 0) is 24.3 Å². The van der Waals surface area contributed by atoms with E-state index in [4.69, 9.17) is 16.9 Å². The zero-order valence-electron chi connectivity index (χ0n) is 11.7. The number of guanidine groups is 1. The van der Waals surface area contributed by atoms with Gasteiger partial charge in [-0.3, -0.25) is 0 Å². The van der Waals surface area contributed by atoms with Crippen molar-refractivity contribution in [1.29, 1.82) is 5.26 Å². The highest BCUT2D eigenvalue weighted by Gasteiger charge is 2.28. The molecule has 1 aliphatic heterocycles. The number of nitrogens with one attached hydrogen (secondary N) is 2. The Bertz CT molecular complexity index is 1030. The Morgan fingerprint density at radius 1 is 1.33 bits per heavy atom. The number of phenolic OH excluding ortho intramolecular Hbond substituents is 1. The third-order valence-electron chi connectivity index (χ3n) is 3.13. The van der Waals surface area contributed by atoms with Crippen LogP contribution in [0.4, 0.5) is 15.8 Å². The molecule has 122 valence electrons. The molecule has 0 radical (unpaired) electrons. The number of phenols is 1. The van der Waals surface area contributed by atoms with Crippen molar-refractivity contribution in [2.24, 2.45) is 4.40 Å². The Balaban J connectivity index is 2.00. The molecule has 1 heterocycles. The first-order valence-corrected chi connectivity index (χ1v) is 8.23. The van der Waals surface area contributed by atoms with Gasteiger partial charge in [-0.1, -0.05) is 11.6 Å². The number of rotatable bonds is 1. The first kappa shape index (κ1) is 16.0. The molecule has 3 N–H and O–H groups in total. The third-order valence-corrected chi connectivity index (χ3v) is 4.65. The molecule has 10 heteroatoms. The van der Waals surface area contributed by atoms with Crippen LogP contribution >= 0.6 is 11.6 Å². The van der Waals surface area contributed by atoms with Crippen LogP contribution in [0.15, 0.2) is 39.6 Å². The molecule has 0 spiro atoms. The van der Waals surface area contributed by atoms with Crippen molar-refractivity contribution in [3.63, 3.8) is 0 Å². The van der Waals surface area contributed by atoms with Crippen LogP contribution in [0.1, 0.15) is 5.56 Å². The first-order chi connectivity index (χ1) is 11.3. The van der Waals surface area contributed by atoms with Crippen molar-refractivity contribution in [3.05, 3.63) is 46.7 Å². The molecule has 7 nitrogen and oxygen atoms in total. The molecule has 0 saturated heterocycles. The van der Waals surface area contributed by atoms with Crippen LogP contribution in [0.5, 0.6) is 5.75 Å². The van der Waals surface area contributed by atoms with E-state index in [2.05, 4.69) is 15.0 Å². The van der Waals surface area contributed by atoms with Gasteiger partial charge in [0.05, 0.1) is 17.3 Å². The lowest BCUT2D eigenvalue weighted by atomic mass is 10.2. The number of anilines is 2. The molecule has 0 amide bonds. The van der Waals surface area contributed by atoms with E-state index in [0.29, 0.717) is 0 Å². The molecule has 0 atom stereocenters. The molecule has 0 fully saturated rings. The van der Waals surface area contributed by atoms with Gasteiger partial charge in [-0.25, -0.2) is 4.39 Å². The fraction of sp³-hybridized carbons (Fsp3) is 0. The summed E-state index contributed by atoms with van der Waals surface area (Å²) in [6.45, 7) is 0. The molecular formula is C14H8ClFN4O3S. The summed E-state index contributed by atoms with van der Waals surface area (Å²) in [5, 5.41) is 23.7. The summed E-state index contributed by atoms with van der Waals surface area (Å²) in [5.74, 6) is -1.46. The van der Waals surface area contributed by atoms with Crippen LogP contribution < -0.4 is 10.6 Å². The zero-order chi connectivity index (χ0) is 17.5. The number of hydrogen-bond donors (Lipinski definition) is 3. The van der Waals surface area contributed by atoms with E-state index in [1.807, 2.05) is 0 Å². The second kappa shape index (κ2) is 5.67. The molecule has 2 aromatic carbocycles. The van der Waals surface area contributed by atoms with Gasteiger partial charge < -0.3 is 15.7 Å². The number of hydrogen-bond acceptors (Lipinski definition) is 6. The lowest BCUT2D eigenvalue weighted by Gasteiger charge is -2.20. The SMILES string of the molecule is N#Cc1ccc(NC2=NS(=O)(=O)c3cc(Cl)cc(O)c3N2)c(F)c1. The minimum absolute atomic E-state index is 0.0290. The van der Waals surface area contributed by atoms with Crippen molar-refractivity contribution in [2.75, 3.05) is 10.6 Å². The molecule has 0 saturated carbocycles. The average molecular weight is 367 g/mol. The van der Waals surface area contributed by atoms with Crippen molar-refractivity contribution < 1.29 is 17.9 Å². The first-order valence-electron chi connectivity index (χ1n) is 6.41. The summed E-state index contributed by atoms with van der Waals surface area (Å²) < 4.78 is 41.8. The van der Waals surface area contributed by atoms with E-state index >= 15 is 0 Å². The number of aromatic hydroxyl groups is 1. The Morgan fingerprint density at radius 3 is 2.75 bits per heavy atom. The summed E-state index contributed by atoms with van der Waals surface area (Å²) >= 11 is 5.73. The summed E-state index contributed by atoms with van der Waals surface area (Å²) in [4.78, 5) is -0.293. The van der Waals surface area contributed by atoms with Gasteiger partial charge in [0, 0.05) is 11.1 Å². The molecule has 0 aliphatic carbocycles. The van der Waals surface area contributed by atoms with Crippen molar-refractivity contribution in [1.82, 2.24) is 0 Å². The fourth-order valence-corrected chi connectivity index (χ4v) is 3.47. The molecule has 24 heavy (non-hydrogen) atoms. The summed E-state index contributed by atoms with van der Waals surface area (Å²) in [6, 6.07) is 7.70. The molecule has 0 bridgehead atoms. The predicted molar refractivity (Wildman–Crippen MR) is 86.1 cm³/mol. The van der Waals surface area contributed by atoms with Gasteiger partial charge in [0.25, 0.3) is 10.0 Å². The molecule has 0 aromatic heterocycles. The summed E-state index contributed by atoms with van der Waals surface area (Å²) in [5.41, 5.74) is -0.0971. The predicted octanol–water partition coefficient (Wildman–Crippen LogP) is 2.64. The van der Waals surface area contributed by atoms with Crippen LogP contribution in [0.25, 0.3) is 0 Å². The fourth-order valence-electron chi connectivity index (χ4n) is 2.08. The van der Waals surface area contributed by atoms with Crippen LogP contribution in [0, 0.1) is 17.1 Å². The number of fused-ring (bicyclic) bond motifs is 1. The highest BCUT2D eigenvalue weighted by atomic mass is 35.5. The maximum atomic E-state index is 13.9. The lowest BCUT2D eigenvalue weighted by Crippen LogP contribution is -2.28. The zero-order valence-corrected chi connectivity index (χ0v) is 13.3. The van der Waals surface area contributed by atoms with Crippen molar-refractivity contribution in [3.8, 4) is 11.8 Å². The minimum atomic E-state index is -4.14. The van der Waals surface area contributed by atoms with Gasteiger partial charge in [0.2, 0.25) is 5.96 Å². The van der Waals surface area contributed by atoms with E-state index in [1.54, 1.807) is 6.07 Å². The Kier molecular flexibility index (Phi) is 3.79. The maximum Gasteiger partial charge on any atom is 0.287 e. The van der Waals surface area contributed by atoms with E-state index in [-0.39, 0.29) is 32.8 Å². The summed E-state index contributed by atoms with van der Waals surface area (Å²) in [7, 11) is -4.14. The quantitative estimate of drug-likeness (QED) is 0.668. The standard InChI is InChI=1S/C14H8ClFN4O3S/c15-8-4-11(21)13-12(5-8)24(22,23)20-14(19-13)18-10-2-1-7(6-17)3-9(10)16/h1-5,21H,(H2,18,19,20). The van der Waals surface area contributed by atoms with Crippen LogP contribution in [-0.4, -0.2) is 19.5 Å². The highest BCUT2D eigenvalue weighted by Crippen LogP contribution is 2.37. The summed E-state index contributed by atoms with van der Waals surface area (Å²) in [6.07, 6.45) is 0. The Morgan fingerprint density at radius 2 is 2.08 bits per heavy atom. The molecule has 0 unspecified atom stereocenters. The van der Waals surface area contributed by atoms with E-state index in [9.17, 15) is 17.9 Å². The molecule has 2 aromatic rings. The third kappa shape index (κ3) is 2.84. The maximum absolute atomic E-state index is 13.9. The molecular weight excluding hydrogens is 359 g/mol. The van der Waals surface area contributed by atoms with Crippen LogP contribution in [-0.2, 0) is 10.0 Å². The number of sulfonamides is 1. The van der Waals surface area contributed by atoms with Gasteiger partial charge in [-0.15, -0.1) is 4.40 Å². The molecule has 3 rings (SSSR count). The normalized spacial score (nSPS) is 14.8. The van der Waals surface area contributed by atoms with Crippen molar-refractivity contribution >= 4 is 39.0 Å². The van der Waals surface area contributed by atoms with E-state index in [0.717, 1.165) is 18.2 Å². The largest absolute Gasteiger partial charge is 0.506 e. The van der Waals surface area contributed by atoms with Crippen LogP contribution in [0.2, 0.25) is 5.02 Å². The van der Waals surface area contributed by atoms with Gasteiger partial charge >= 0.3 is 0 Å². The lowest BCUT2D eigenvalue weighted by molar-refractivity contribution is 0.476. The minimum Gasteiger partial charge on any atom is -0.506 e. The number of nitriles is 1. The van der Waals surface area contributed by atoms with Gasteiger partial charge in [0.1, 0.15) is 22.1 Å². The Hall–Kier alpha value is -2.83. The monoisotopic (exact) mass is 366 g/mol. The van der Waals surface area contributed by atoms with E-state index in [1.165, 1.54) is 12.1 Å². The second-order valence-corrected chi connectivity index (χ2v) is 6.78. The average Bonchev–Trinajstić information content (AvgIpc) is 2.50. The number of nitrogens with zero attached hydrogens (tertiary/aromatic N) is 2. The van der Waals surface area contributed by atoms with Crippen LogP contribution in [0.3, 0.4) is 0 Å². The van der Waals surface area contributed by atoms with Gasteiger partial charge in [-0.2, -0.15) is 13.7 Å².